The second-order valence-corrected chi connectivity index (χ2v) is 5.30. The highest BCUT2D eigenvalue weighted by Gasteiger charge is 2.26. The van der Waals surface area contributed by atoms with Crippen molar-refractivity contribution >= 4 is 12.0 Å². The molecule has 110 valence electrons. The molecule has 2 N–H and O–H groups in total. The highest BCUT2D eigenvalue weighted by Crippen LogP contribution is 2.12. The van der Waals surface area contributed by atoms with Gasteiger partial charge in [-0.25, -0.2) is 4.79 Å². The molecule has 0 radical (unpaired) electrons. The number of carbonyl (C=O) groups excluding carboxylic acids is 1. The third kappa shape index (κ3) is 4.70. The summed E-state index contributed by atoms with van der Waals surface area (Å²) in [5.41, 5.74) is 0. The van der Waals surface area contributed by atoms with E-state index < -0.39 is 11.9 Å². The topological polar surface area (TPSA) is 72.9 Å². The molecule has 0 saturated carbocycles. The molecule has 2 unspecified atom stereocenters. The Morgan fingerprint density at radius 2 is 2.11 bits per heavy atom. The quantitative estimate of drug-likeness (QED) is 0.794. The molecular formula is C13H25N3O3. The summed E-state index contributed by atoms with van der Waals surface area (Å²) in [6.45, 7) is 6.44. The number of likely N-dealkylation sites (N-methyl/N-ethyl adjacent to an activating group) is 1. The number of carbonyl (C=O) groups is 2. The van der Waals surface area contributed by atoms with Crippen molar-refractivity contribution in [1.29, 1.82) is 0 Å². The molecule has 1 aliphatic rings. The lowest BCUT2D eigenvalue weighted by molar-refractivity contribution is -0.140. The lowest BCUT2D eigenvalue weighted by Crippen LogP contribution is -2.49. The zero-order chi connectivity index (χ0) is 14.4. The van der Waals surface area contributed by atoms with Crippen molar-refractivity contribution in [2.45, 2.75) is 32.7 Å². The first-order valence-electron chi connectivity index (χ1n) is 6.91. The third-order valence-corrected chi connectivity index (χ3v) is 3.62. The van der Waals surface area contributed by atoms with Crippen LogP contribution in [-0.4, -0.2) is 66.2 Å². The Bertz CT molecular complexity index is 322. The van der Waals surface area contributed by atoms with E-state index in [1.54, 1.807) is 6.92 Å². The van der Waals surface area contributed by atoms with Crippen LogP contribution in [0.2, 0.25) is 0 Å². The number of hydrogen-bond donors (Lipinski definition) is 2. The van der Waals surface area contributed by atoms with Gasteiger partial charge >= 0.3 is 12.0 Å². The van der Waals surface area contributed by atoms with Crippen molar-refractivity contribution < 1.29 is 14.7 Å². The Morgan fingerprint density at radius 3 is 2.68 bits per heavy atom. The largest absolute Gasteiger partial charge is 0.481 e. The third-order valence-electron chi connectivity index (χ3n) is 3.62. The highest BCUT2D eigenvalue weighted by atomic mass is 16.4. The number of nitrogens with one attached hydrogen (secondary N) is 1. The monoisotopic (exact) mass is 271 g/mol. The number of aliphatic carboxylic acids is 1. The van der Waals surface area contributed by atoms with Crippen molar-refractivity contribution in [2.24, 2.45) is 5.92 Å². The molecule has 0 aromatic heterocycles. The summed E-state index contributed by atoms with van der Waals surface area (Å²) >= 11 is 0. The summed E-state index contributed by atoms with van der Waals surface area (Å²) in [4.78, 5) is 27.0. The zero-order valence-electron chi connectivity index (χ0n) is 12.1. The molecule has 1 fully saturated rings. The van der Waals surface area contributed by atoms with Crippen LogP contribution >= 0.6 is 0 Å². The normalized spacial score (nSPS) is 22.7. The predicted molar refractivity (Wildman–Crippen MR) is 73.1 cm³/mol. The maximum Gasteiger partial charge on any atom is 0.317 e. The van der Waals surface area contributed by atoms with E-state index in [0.717, 1.165) is 32.5 Å². The maximum absolute atomic E-state index is 12.2. The van der Waals surface area contributed by atoms with Crippen LogP contribution in [0.1, 0.15) is 26.7 Å². The number of hydrogen-bond acceptors (Lipinski definition) is 3. The highest BCUT2D eigenvalue weighted by molar-refractivity contribution is 5.76. The van der Waals surface area contributed by atoms with E-state index in [2.05, 4.69) is 24.2 Å². The van der Waals surface area contributed by atoms with Crippen molar-refractivity contribution in [1.82, 2.24) is 15.1 Å². The molecule has 0 aliphatic carbocycles. The van der Waals surface area contributed by atoms with Crippen molar-refractivity contribution in [3.63, 3.8) is 0 Å². The standard InChI is InChI=1S/C13H25N3O3/c1-4-11-9-15(3)6-5-7-16(11)13(19)14-8-10(2)12(17)18/h10-11H,4-9H2,1-3H3,(H,14,19)(H,17,18). The molecule has 0 aromatic rings. The number of nitrogens with zero attached hydrogens (tertiary/aromatic N) is 2. The van der Waals surface area contributed by atoms with Crippen LogP contribution in [0.3, 0.4) is 0 Å². The second kappa shape index (κ2) is 7.33. The number of amides is 2. The smallest absolute Gasteiger partial charge is 0.317 e. The van der Waals surface area contributed by atoms with E-state index in [1.807, 2.05) is 4.90 Å². The summed E-state index contributed by atoms with van der Waals surface area (Å²) in [6.07, 6.45) is 1.86. The van der Waals surface area contributed by atoms with E-state index in [4.69, 9.17) is 5.11 Å². The van der Waals surface area contributed by atoms with E-state index in [9.17, 15) is 9.59 Å². The van der Waals surface area contributed by atoms with Crippen LogP contribution < -0.4 is 5.32 Å². The van der Waals surface area contributed by atoms with Crippen molar-refractivity contribution in [3.05, 3.63) is 0 Å². The van der Waals surface area contributed by atoms with Crippen LogP contribution in [0.5, 0.6) is 0 Å². The average molecular weight is 271 g/mol. The lowest BCUT2D eigenvalue weighted by atomic mass is 10.2. The van der Waals surface area contributed by atoms with Crippen LogP contribution in [0.4, 0.5) is 4.79 Å². The Kier molecular flexibility index (Phi) is 6.08. The molecule has 1 heterocycles. The minimum Gasteiger partial charge on any atom is -0.481 e. The van der Waals surface area contributed by atoms with Crippen molar-refractivity contribution in [2.75, 3.05) is 33.2 Å². The molecule has 19 heavy (non-hydrogen) atoms. The van der Waals surface area contributed by atoms with Gasteiger partial charge in [-0.3, -0.25) is 4.79 Å². The number of carboxylic acid groups (broad SMARTS) is 1. The summed E-state index contributed by atoms with van der Waals surface area (Å²) < 4.78 is 0. The van der Waals surface area contributed by atoms with E-state index in [-0.39, 0.29) is 18.6 Å². The number of rotatable bonds is 4. The van der Waals surface area contributed by atoms with Crippen LogP contribution in [-0.2, 0) is 4.79 Å². The minimum absolute atomic E-state index is 0.143. The second-order valence-electron chi connectivity index (χ2n) is 5.30. The van der Waals surface area contributed by atoms with E-state index >= 15 is 0 Å². The molecular weight excluding hydrogens is 246 g/mol. The molecule has 2 atom stereocenters. The number of urea groups is 1. The van der Waals surface area contributed by atoms with Gasteiger partial charge in [-0.05, 0) is 26.4 Å². The first-order chi connectivity index (χ1) is 8.95. The Labute approximate surface area is 114 Å². The summed E-state index contributed by atoms with van der Waals surface area (Å²) in [6, 6.07) is 0.0582. The minimum atomic E-state index is -0.886. The van der Waals surface area contributed by atoms with E-state index in [1.165, 1.54) is 0 Å². The fourth-order valence-electron chi connectivity index (χ4n) is 2.29. The fourth-order valence-corrected chi connectivity index (χ4v) is 2.29. The van der Waals surface area contributed by atoms with Gasteiger partial charge in [-0.15, -0.1) is 0 Å². The Hall–Kier alpha value is -1.30. The van der Waals surface area contributed by atoms with Gasteiger partial charge in [0.1, 0.15) is 0 Å². The van der Waals surface area contributed by atoms with Gasteiger partial charge in [0, 0.05) is 25.7 Å². The van der Waals surface area contributed by atoms with E-state index in [0.29, 0.717) is 0 Å². The van der Waals surface area contributed by atoms with Crippen LogP contribution in [0, 0.1) is 5.92 Å². The van der Waals surface area contributed by atoms with Crippen molar-refractivity contribution in [3.8, 4) is 0 Å². The summed E-state index contributed by atoms with van der Waals surface area (Å²) in [5, 5.41) is 11.5. The first-order valence-corrected chi connectivity index (χ1v) is 6.91. The maximum atomic E-state index is 12.2. The molecule has 0 spiro atoms. The fraction of sp³-hybridized carbons (Fsp3) is 0.846. The van der Waals surface area contributed by atoms with Gasteiger partial charge in [0.15, 0.2) is 0 Å². The van der Waals surface area contributed by atoms with Gasteiger partial charge in [0.2, 0.25) is 0 Å². The lowest BCUT2D eigenvalue weighted by Gasteiger charge is -2.30. The molecule has 1 saturated heterocycles. The predicted octanol–water partition coefficient (Wildman–Crippen LogP) is 0.833. The van der Waals surface area contributed by atoms with Gasteiger partial charge < -0.3 is 20.2 Å². The van der Waals surface area contributed by atoms with Gasteiger partial charge in [-0.2, -0.15) is 0 Å². The van der Waals surface area contributed by atoms with Crippen LogP contribution in [0.15, 0.2) is 0 Å². The van der Waals surface area contributed by atoms with Gasteiger partial charge in [0.25, 0.3) is 0 Å². The molecule has 0 aromatic carbocycles. The molecule has 6 heteroatoms. The first kappa shape index (κ1) is 15.8. The molecule has 2 amide bonds. The summed E-state index contributed by atoms with van der Waals surface area (Å²) in [5.74, 6) is -1.44. The summed E-state index contributed by atoms with van der Waals surface area (Å²) in [7, 11) is 2.07. The Balaban J connectivity index is 2.55. The average Bonchev–Trinajstić information content (AvgIpc) is 2.56. The molecule has 6 nitrogen and oxygen atoms in total. The molecule has 1 aliphatic heterocycles. The van der Waals surface area contributed by atoms with Crippen LogP contribution in [0.25, 0.3) is 0 Å². The van der Waals surface area contributed by atoms with Gasteiger partial charge in [0.05, 0.1) is 5.92 Å². The zero-order valence-corrected chi connectivity index (χ0v) is 12.1. The van der Waals surface area contributed by atoms with Gasteiger partial charge in [-0.1, -0.05) is 13.8 Å². The SMILES string of the molecule is CCC1CN(C)CCCN1C(=O)NCC(C)C(=O)O. The Morgan fingerprint density at radius 1 is 1.42 bits per heavy atom. The number of carboxylic acids is 1. The molecule has 0 bridgehead atoms. The molecule has 1 rings (SSSR count).